The van der Waals surface area contributed by atoms with Crippen LogP contribution in [0, 0.1) is 0 Å². The van der Waals surface area contributed by atoms with E-state index in [1.54, 1.807) is 17.2 Å². The van der Waals surface area contributed by atoms with Crippen LogP contribution in [0.3, 0.4) is 0 Å². The van der Waals surface area contributed by atoms with E-state index < -0.39 is 0 Å². The maximum Gasteiger partial charge on any atom is 0.253 e. The predicted octanol–water partition coefficient (Wildman–Crippen LogP) is 2.97. The molecule has 8 heteroatoms. The SMILES string of the molecule is C[C@H](Cc1ccco1)NC(=O)CN1C(=O)[C@H]2CCCCN2c2ccc(C(=O)N3CCCC3)cc21. The second kappa shape index (κ2) is 9.52. The summed E-state index contributed by atoms with van der Waals surface area (Å²) in [4.78, 5) is 45.1. The first-order chi connectivity index (χ1) is 16.5. The summed E-state index contributed by atoms with van der Waals surface area (Å²) < 4.78 is 5.38. The molecular weight excluding hydrogens is 432 g/mol. The predicted molar refractivity (Wildman–Crippen MR) is 129 cm³/mol. The zero-order valence-corrected chi connectivity index (χ0v) is 19.7. The Labute approximate surface area is 199 Å². The quantitative estimate of drug-likeness (QED) is 0.710. The van der Waals surface area contributed by atoms with Crippen molar-refractivity contribution in [3.8, 4) is 0 Å². The van der Waals surface area contributed by atoms with Crippen molar-refractivity contribution in [2.75, 3.05) is 36.0 Å². The van der Waals surface area contributed by atoms with Gasteiger partial charge in [-0.25, -0.2) is 0 Å². The number of amides is 3. The molecule has 4 heterocycles. The van der Waals surface area contributed by atoms with Crippen LogP contribution >= 0.6 is 0 Å². The number of rotatable bonds is 6. The number of carbonyl (C=O) groups excluding carboxylic acids is 3. The molecule has 3 aliphatic rings. The van der Waals surface area contributed by atoms with E-state index >= 15 is 0 Å². The molecule has 1 aromatic carbocycles. The highest BCUT2D eigenvalue weighted by Crippen LogP contribution is 2.40. The molecule has 0 aliphatic carbocycles. The molecule has 5 rings (SSSR count). The lowest BCUT2D eigenvalue weighted by atomic mass is 9.95. The first kappa shape index (κ1) is 22.5. The fraction of sp³-hybridized carbons (Fsp3) is 0.500. The zero-order chi connectivity index (χ0) is 23.7. The Bertz CT molecular complexity index is 1060. The van der Waals surface area contributed by atoms with E-state index in [1.807, 2.05) is 36.1 Å². The summed E-state index contributed by atoms with van der Waals surface area (Å²) in [5.41, 5.74) is 2.15. The first-order valence-corrected chi connectivity index (χ1v) is 12.3. The molecule has 0 saturated carbocycles. The molecule has 8 nitrogen and oxygen atoms in total. The lowest BCUT2D eigenvalue weighted by molar-refractivity contribution is -0.125. The van der Waals surface area contributed by atoms with Crippen LogP contribution in [-0.4, -0.2) is 60.9 Å². The number of hydrogen-bond acceptors (Lipinski definition) is 5. The number of fused-ring (bicyclic) bond motifs is 3. The molecule has 2 saturated heterocycles. The van der Waals surface area contributed by atoms with Crippen LogP contribution in [0.5, 0.6) is 0 Å². The van der Waals surface area contributed by atoms with Gasteiger partial charge in [0, 0.05) is 37.7 Å². The molecule has 34 heavy (non-hydrogen) atoms. The Balaban J connectivity index is 1.39. The molecule has 0 radical (unpaired) electrons. The van der Waals surface area contributed by atoms with E-state index in [9.17, 15) is 14.4 Å². The molecule has 1 aromatic heterocycles. The number of benzene rings is 1. The molecule has 3 aliphatic heterocycles. The van der Waals surface area contributed by atoms with Gasteiger partial charge in [-0.15, -0.1) is 0 Å². The highest BCUT2D eigenvalue weighted by atomic mass is 16.3. The van der Waals surface area contributed by atoms with Crippen molar-refractivity contribution >= 4 is 29.1 Å². The Morgan fingerprint density at radius 2 is 1.88 bits per heavy atom. The van der Waals surface area contributed by atoms with Gasteiger partial charge in [0.1, 0.15) is 18.3 Å². The van der Waals surface area contributed by atoms with Gasteiger partial charge in [0.25, 0.3) is 5.91 Å². The third-order valence-corrected chi connectivity index (χ3v) is 7.07. The van der Waals surface area contributed by atoms with Crippen LogP contribution in [0.15, 0.2) is 41.0 Å². The Morgan fingerprint density at radius 3 is 2.65 bits per heavy atom. The summed E-state index contributed by atoms with van der Waals surface area (Å²) in [5.74, 6) is 0.505. The fourth-order valence-electron chi connectivity index (χ4n) is 5.40. The maximum atomic E-state index is 13.5. The molecule has 0 bridgehead atoms. The lowest BCUT2D eigenvalue weighted by Gasteiger charge is -2.45. The van der Waals surface area contributed by atoms with E-state index in [0.717, 1.165) is 63.2 Å². The van der Waals surface area contributed by atoms with E-state index in [4.69, 9.17) is 4.42 Å². The van der Waals surface area contributed by atoms with Gasteiger partial charge in [0.15, 0.2) is 0 Å². The van der Waals surface area contributed by atoms with Gasteiger partial charge in [0.2, 0.25) is 11.8 Å². The van der Waals surface area contributed by atoms with Crippen LogP contribution in [-0.2, 0) is 16.0 Å². The van der Waals surface area contributed by atoms with Crippen molar-refractivity contribution in [2.45, 2.75) is 57.5 Å². The monoisotopic (exact) mass is 464 g/mol. The van der Waals surface area contributed by atoms with Crippen molar-refractivity contribution < 1.29 is 18.8 Å². The second-order valence-electron chi connectivity index (χ2n) is 9.58. The van der Waals surface area contributed by atoms with Crippen LogP contribution in [0.1, 0.15) is 55.1 Å². The number of nitrogens with one attached hydrogen (secondary N) is 1. The van der Waals surface area contributed by atoms with Crippen molar-refractivity contribution in [3.63, 3.8) is 0 Å². The number of hydrogen-bond donors (Lipinski definition) is 1. The van der Waals surface area contributed by atoms with E-state index in [2.05, 4.69) is 10.2 Å². The smallest absolute Gasteiger partial charge is 0.253 e. The van der Waals surface area contributed by atoms with Gasteiger partial charge in [0.05, 0.1) is 17.6 Å². The van der Waals surface area contributed by atoms with E-state index in [1.165, 1.54) is 0 Å². The number of furan rings is 1. The minimum atomic E-state index is -0.255. The highest BCUT2D eigenvalue weighted by molar-refractivity contribution is 6.09. The van der Waals surface area contributed by atoms with Gasteiger partial charge in [-0.1, -0.05) is 0 Å². The third-order valence-electron chi connectivity index (χ3n) is 7.07. The minimum Gasteiger partial charge on any atom is -0.469 e. The average Bonchev–Trinajstić information content (AvgIpc) is 3.55. The van der Waals surface area contributed by atoms with Crippen LogP contribution in [0.4, 0.5) is 11.4 Å². The van der Waals surface area contributed by atoms with E-state index in [0.29, 0.717) is 17.7 Å². The molecule has 0 spiro atoms. The molecule has 2 aromatic rings. The maximum absolute atomic E-state index is 13.5. The Kier molecular flexibility index (Phi) is 6.30. The number of nitrogens with zero attached hydrogens (tertiary/aromatic N) is 3. The van der Waals surface area contributed by atoms with Gasteiger partial charge >= 0.3 is 0 Å². The Morgan fingerprint density at radius 1 is 1.09 bits per heavy atom. The summed E-state index contributed by atoms with van der Waals surface area (Å²) in [6.07, 6.45) is 7.04. The van der Waals surface area contributed by atoms with Crippen molar-refractivity contribution in [3.05, 3.63) is 47.9 Å². The molecule has 1 N–H and O–H groups in total. The molecule has 180 valence electrons. The summed E-state index contributed by atoms with van der Waals surface area (Å²) in [6, 6.07) is 8.94. The van der Waals surface area contributed by atoms with Crippen LogP contribution < -0.4 is 15.1 Å². The number of likely N-dealkylation sites (tertiary alicyclic amines) is 1. The summed E-state index contributed by atoms with van der Waals surface area (Å²) in [5, 5.41) is 2.99. The molecule has 0 unspecified atom stereocenters. The highest BCUT2D eigenvalue weighted by Gasteiger charge is 2.40. The first-order valence-electron chi connectivity index (χ1n) is 12.3. The van der Waals surface area contributed by atoms with Crippen molar-refractivity contribution in [1.82, 2.24) is 10.2 Å². The fourth-order valence-corrected chi connectivity index (χ4v) is 5.40. The summed E-state index contributed by atoms with van der Waals surface area (Å²) in [6.45, 7) is 4.19. The summed E-state index contributed by atoms with van der Waals surface area (Å²) >= 11 is 0. The average molecular weight is 465 g/mol. The van der Waals surface area contributed by atoms with Gasteiger partial charge in [-0.05, 0) is 69.4 Å². The van der Waals surface area contributed by atoms with Crippen LogP contribution in [0.25, 0.3) is 0 Å². The standard InChI is InChI=1S/C26H32N4O4/c1-18(15-20-7-6-14-34-20)27-24(31)17-30-23-16-19(25(32)28-11-4-5-12-28)9-10-21(23)29-13-3-2-8-22(29)26(30)33/h6-7,9-10,14,16,18,22H,2-5,8,11-13,15,17H2,1H3,(H,27,31)/t18-,22-/m1/s1. The number of piperidine rings is 1. The topological polar surface area (TPSA) is 86.1 Å². The number of carbonyl (C=O) groups is 3. The molecule has 2 fully saturated rings. The van der Waals surface area contributed by atoms with Crippen molar-refractivity contribution in [2.24, 2.45) is 0 Å². The van der Waals surface area contributed by atoms with Gasteiger partial charge in [-0.2, -0.15) is 0 Å². The van der Waals surface area contributed by atoms with Gasteiger partial charge in [-0.3, -0.25) is 19.3 Å². The van der Waals surface area contributed by atoms with Gasteiger partial charge < -0.3 is 19.5 Å². The lowest BCUT2D eigenvalue weighted by Crippen LogP contribution is -2.57. The normalized spacial score (nSPS) is 20.7. The number of anilines is 2. The molecule has 3 amide bonds. The molecule has 2 atom stereocenters. The summed E-state index contributed by atoms with van der Waals surface area (Å²) in [7, 11) is 0. The largest absolute Gasteiger partial charge is 0.469 e. The Hall–Kier alpha value is -3.29. The zero-order valence-electron chi connectivity index (χ0n) is 19.7. The molecular formula is C26H32N4O4. The second-order valence-corrected chi connectivity index (χ2v) is 9.58. The van der Waals surface area contributed by atoms with E-state index in [-0.39, 0.29) is 36.3 Å². The third kappa shape index (κ3) is 4.41. The van der Waals surface area contributed by atoms with Crippen molar-refractivity contribution in [1.29, 1.82) is 0 Å². The van der Waals surface area contributed by atoms with Crippen LogP contribution in [0.2, 0.25) is 0 Å². The minimum absolute atomic E-state index is 0.00927.